The smallest absolute Gasteiger partial charge is 0.225 e. The predicted molar refractivity (Wildman–Crippen MR) is 78.3 cm³/mol. The van der Waals surface area contributed by atoms with Gasteiger partial charge in [-0.3, -0.25) is 9.59 Å². The lowest BCUT2D eigenvalue weighted by Crippen LogP contribution is -2.45. The number of nitrogens with zero attached hydrogens (tertiary/aromatic N) is 1. The first-order chi connectivity index (χ1) is 10.2. The number of amides is 2. The zero-order valence-corrected chi connectivity index (χ0v) is 12.6. The summed E-state index contributed by atoms with van der Waals surface area (Å²) in [6.07, 6.45) is 5.70. The molecule has 3 fully saturated rings. The second kappa shape index (κ2) is 6.34. The highest BCUT2D eigenvalue weighted by atomic mass is 16.3. The van der Waals surface area contributed by atoms with Crippen LogP contribution in [0.15, 0.2) is 0 Å². The number of fused-ring (bicyclic) bond motifs is 1. The zero-order valence-electron chi connectivity index (χ0n) is 12.6. The first-order valence-electron chi connectivity index (χ1n) is 8.36. The van der Waals surface area contributed by atoms with Crippen LogP contribution in [0, 0.1) is 23.7 Å². The van der Waals surface area contributed by atoms with Crippen LogP contribution in [0.5, 0.6) is 0 Å². The first kappa shape index (κ1) is 14.8. The monoisotopic (exact) mass is 294 g/mol. The molecule has 1 heterocycles. The summed E-state index contributed by atoms with van der Waals surface area (Å²) in [7, 11) is 0. The van der Waals surface area contributed by atoms with Gasteiger partial charge in [0, 0.05) is 38.1 Å². The van der Waals surface area contributed by atoms with E-state index in [2.05, 4.69) is 5.32 Å². The van der Waals surface area contributed by atoms with Crippen molar-refractivity contribution in [3.63, 3.8) is 0 Å². The van der Waals surface area contributed by atoms with Crippen molar-refractivity contribution in [3.05, 3.63) is 0 Å². The minimum absolute atomic E-state index is 0.0322. The molecule has 0 bridgehead atoms. The average molecular weight is 294 g/mol. The summed E-state index contributed by atoms with van der Waals surface area (Å²) in [5, 5.41) is 11.6. The average Bonchev–Trinajstić information content (AvgIpc) is 3.13. The third-order valence-corrected chi connectivity index (χ3v) is 5.40. The number of aliphatic hydroxyl groups excluding tert-OH is 1. The Morgan fingerprint density at radius 1 is 1.05 bits per heavy atom. The quantitative estimate of drug-likeness (QED) is 0.736. The van der Waals surface area contributed by atoms with Gasteiger partial charge in [0.2, 0.25) is 11.8 Å². The highest BCUT2D eigenvalue weighted by Crippen LogP contribution is 2.54. The normalized spacial score (nSPS) is 31.9. The molecule has 2 N–H and O–H groups in total. The van der Waals surface area contributed by atoms with Crippen molar-refractivity contribution in [2.45, 2.75) is 38.5 Å². The van der Waals surface area contributed by atoms with E-state index >= 15 is 0 Å². The number of aliphatic hydroxyl groups is 1. The van der Waals surface area contributed by atoms with Crippen molar-refractivity contribution < 1.29 is 14.7 Å². The fourth-order valence-corrected chi connectivity index (χ4v) is 3.97. The lowest BCUT2D eigenvalue weighted by atomic mass is 9.94. The maximum absolute atomic E-state index is 12.5. The SMILES string of the molecule is O=C(NCCCO)C1CCN(C(=O)C2CC3CC3C2)CC1. The molecular formula is C16H26N2O3. The number of piperidine rings is 1. The third-order valence-electron chi connectivity index (χ3n) is 5.40. The molecule has 1 saturated heterocycles. The third kappa shape index (κ3) is 3.39. The lowest BCUT2D eigenvalue weighted by Gasteiger charge is -2.33. The van der Waals surface area contributed by atoms with Crippen molar-refractivity contribution in [1.82, 2.24) is 10.2 Å². The van der Waals surface area contributed by atoms with Crippen LogP contribution in [0.25, 0.3) is 0 Å². The Kier molecular flexibility index (Phi) is 4.48. The zero-order chi connectivity index (χ0) is 14.8. The van der Waals surface area contributed by atoms with Gasteiger partial charge in [-0.25, -0.2) is 0 Å². The van der Waals surface area contributed by atoms with Crippen LogP contribution in [-0.2, 0) is 9.59 Å². The molecule has 0 aromatic rings. The van der Waals surface area contributed by atoms with Crippen LogP contribution >= 0.6 is 0 Å². The van der Waals surface area contributed by atoms with E-state index in [1.165, 1.54) is 6.42 Å². The second-order valence-corrected chi connectivity index (χ2v) is 6.89. The standard InChI is InChI=1S/C16H26N2O3/c19-7-1-4-17-15(20)11-2-5-18(6-3-11)16(21)14-9-12-8-13(12)10-14/h11-14,19H,1-10H2,(H,17,20). The lowest BCUT2D eigenvalue weighted by molar-refractivity contribution is -0.139. The first-order valence-corrected chi connectivity index (χ1v) is 8.36. The van der Waals surface area contributed by atoms with Crippen molar-refractivity contribution in [3.8, 4) is 0 Å². The fraction of sp³-hybridized carbons (Fsp3) is 0.875. The van der Waals surface area contributed by atoms with Gasteiger partial charge >= 0.3 is 0 Å². The van der Waals surface area contributed by atoms with Crippen LogP contribution in [0.2, 0.25) is 0 Å². The second-order valence-electron chi connectivity index (χ2n) is 6.89. The van der Waals surface area contributed by atoms with E-state index in [0.29, 0.717) is 18.9 Å². The van der Waals surface area contributed by atoms with Gasteiger partial charge in [0.25, 0.3) is 0 Å². The maximum atomic E-state index is 12.5. The Labute approximate surface area is 126 Å². The van der Waals surface area contributed by atoms with Crippen LogP contribution in [0.1, 0.15) is 38.5 Å². The predicted octanol–water partition coefficient (Wildman–Crippen LogP) is 0.770. The highest BCUT2D eigenvalue weighted by molar-refractivity contribution is 5.81. The molecule has 118 valence electrons. The minimum atomic E-state index is 0.0322. The van der Waals surface area contributed by atoms with Crippen molar-refractivity contribution >= 4 is 11.8 Å². The molecule has 0 spiro atoms. The van der Waals surface area contributed by atoms with Gasteiger partial charge in [-0.15, -0.1) is 0 Å². The summed E-state index contributed by atoms with van der Waals surface area (Å²) in [4.78, 5) is 26.4. The number of likely N-dealkylation sites (tertiary alicyclic amines) is 1. The molecule has 2 unspecified atom stereocenters. The molecule has 0 aromatic heterocycles. The van der Waals surface area contributed by atoms with Gasteiger partial charge < -0.3 is 15.3 Å². The van der Waals surface area contributed by atoms with Gasteiger partial charge in [0.05, 0.1) is 0 Å². The Balaban J connectivity index is 1.40. The molecule has 1 aliphatic heterocycles. The van der Waals surface area contributed by atoms with E-state index in [4.69, 9.17) is 5.11 Å². The topological polar surface area (TPSA) is 69.6 Å². The Morgan fingerprint density at radius 2 is 1.71 bits per heavy atom. The summed E-state index contributed by atoms with van der Waals surface area (Å²) >= 11 is 0. The van der Waals surface area contributed by atoms with E-state index in [0.717, 1.165) is 50.6 Å². The van der Waals surface area contributed by atoms with Crippen LogP contribution in [-0.4, -0.2) is 48.1 Å². The van der Waals surface area contributed by atoms with Gasteiger partial charge in [0.15, 0.2) is 0 Å². The van der Waals surface area contributed by atoms with E-state index in [9.17, 15) is 9.59 Å². The highest BCUT2D eigenvalue weighted by Gasteiger charge is 2.49. The van der Waals surface area contributed by atoms with Crippen LogP contribution in [0.4, 0.5) is 0 Å². The van der Waals surface area contributed by atoms with Crippen molar-refractivity contribution in [2.24, 2.45) is 23.7 Å². The van der Waals surface area contributed by atoms with Gasteiger partial charge in [0.1, 0.15) is 0 Å². The molecule has 0 aromatic carbocycles. The molecule has 2 saturated carbocycles. The number of nitrogens with one attached hydrogen (secondary N) is 1. The molecule has 5 heteroatoms. The summed E-state index contributed by atoms with van der Waals surface area (Å²) in [5.41, 5.74) is 0. The summed E-state index contributed by atoms with van der Waals surface area (Å²) in [6.45, 7) is 2.10. The Morgan fingerprint density at radius 3 is 2.33 bits per heavy atom. The molecule has 5 nitrogen and oxygen atoms in total. The Bertz CT molecular complexity index is 394. The van der Waals surface area contributed by atoms with E-state index in [1.807, 2.05) is 4.90 Å². The molecule has 0 radical (unpaired) electrons. The fourth-order valence-electron chi connectivity index (χ4n) is 3.97. The van der Waals surface area contributed by atoms with Crippen molar-refractivity contribution in [2.75, 3.05) is 26.2 Å². The Hall–Kier alpha value is -1.10. The number of carbonyl (C=O) groups is 2. The molecule has 2 aliphatic carbocycles. The minimum Gasteiger partial charge on any atom is -0.396 e. The van der Waals surface area contributed by atoms with Gasteiger partial charge in [-0.05, 0) is 50.4 Å². The summed E-state index contributed by atoms with van der Waals surface area (Å²) in [6, 6.07) is 0. The maximum Gasteiger partial charge on any atom is 0.225 e. The molecule has 2 atom stereocenters. The summed E-state index contributed by atoms with van der Waals surface area (Å²) in [5.74, 6) is 2.40. The van der Waals surface area contributed by atoms with Gasteiger partial charge in [-0.1, -0.05) is 0 Å². The van der Waals surface area contributed by atoms with E-state index < -0.39 is 0 Å². The molecule has 3 aliphatic rings. The van der Waals surface area contributed by atoms with Gasteiger partial charge in [-0.2, -0.15) is 0 Å². The largest absolute Gasteiger partial charge is 0.396 e. The number of rotatable bonds is 5. The van der Waals surface area contributed by atoms with Crippen molar-refractivity contribution in [1.29, 1.82) is 0 Å². The van der Waals surface area contributed by atoms with Crippen LogP contribution < -0.4 is 5.32 Å². The summed E-state index contributed by atoms with van der Waals surface area (Å²) < 4.78 is 0. The van der Waals surface area contributed by atoms with E-state index in [1.54, 1.807) is 0 Å². The number of hydrogen-bond acceptors (Lipinski definition) is 3. The van der Waals surface area contributed by atoms with E-state index in [-0.39, 0.29) is 24.3 Å². The molecule has 21 heavy (non-hydrogen) atoms. The van der Waals surface area contributed by atoms with Crippen LogP contribution in [0.3, 0.4) is 0 Å². The molecular weight excluding hydrogens is 268 g/mol. The number of hydrogen-bond donors (Lipinski definition) is 2. The number of carbonyl (C=O) groups excluding carboxylic acids is 2. The molecule has 3 rings (SSSR count). The molecule has 2 amide bonds.